The van der Waals surface area contributed by atoms with E-state index in [9.17, 15) is 0 Å². The van der Waals surface area contributed by atoms with Crippen molar-refractivity contribution in [2.24, 2.45) is 5.92 Å². The summed E-state index contributed by atoms with van der Waals surface area (Å²) in [7, 11) is 0. The summed E-state index contributed by atoms with van der Waals surface area (Å²) in [5.74, 6) is 1.02. The van der Waals surface area contributed by atoms with Crippen molar-refractivity contribution in [3.63, 3.8) is 0 Å². The van der Waals surface area contributed by atoms with E-state index < -0.39 is 0 Å². The Hall–Kier alpha value is -0.0400. The summed E-state index contributed by atoms with van der Waals surface area (Å²) in [6.07, 6.45) is 14.4. The summed E-state index contributed by atoms with van der Waals surface area (Å²) >= 11 is 0. The minimum absolute atomic E-state index is 1.02. The van der Waals surface area contributed by atoms with Crippen LogP contribution in [0.5, 0.6) is 0 Å². The smallest absolute Gasteiger partial charge is 0.00101 e. The molecule has 1 fully saturated rings. The lowest BCUT2D eigenvalue weighted by Crippen LogP contribution is -2.21. The van der Waals surface area contributed by atoms with Gasteiger partial charge in [-0.1, -0.05) is 58.8 Å². The zero-order valence-corrected chi connectivity index (χ0v) is 12.2. The molecule has 0 saturated carbocycles. The van der Waals surface area contributed by atoms with Crippen LogP contribution in [0.4, 0.5) is 0 Å². The lowest BCUT2D eigenvalue weighted by molar-refractivity contribution is 0.311. The maximum absolute atomic E-state index is 2.70. The highest BCUT2D eigenvalue weighted by Gasteiger charge is 2.20. The summed E-state index contributed by atoms with van der Waals surface area (Å²) in [6.45, 7) is 8.75. The SMILES string of the molecule is CCCCCCCCCN1CCC(CCC)C1. The Morgan fingerprint density at radius 2 is 1.59 bits per heavy atom. The van der Waals surface area contributed by atoms with Gasteiger partial charge in [0.15, 0.2) is 0 Å². The average Bonchev–Trinajstić information content (AvgIpc) is 2.76. The van der Waals surface area contributed by atoms with Gasteiger partial charge < -0.3 is 4.90 Å². The second-order valence-electron chi connectivity index (χ2n) is 5.87. The molecule has 0 bridgehead atoms. The van der Waals surface area contributed by atoms with Crippen molar-refractivity contribution in [2.75, 3.05) is 19.6 Å². The van der Waals surface area contributed by atoms with E-state index in [-0.39, 0.29) is 0 Å². The molecule has 0 spiro atoms. The Labute approximate surface area is 109 Å². The first kappa shape index (κ1) is 15.0. The zero-order valence-electron chi connectivity index (χ0n) is 12.2. The van der Waals surface area contributed by atoms with Crippen LogP contribution in [0.3, 0.4) is 0 Å². The Balaban J connectivity index is 1.87. The number of unbranched alkanes of at least 4 members (excludes halogenated alkanes) is 6. The normalized spacial score (nSPS) is 21.2. The van der Waals surface area contributed by atoms with Crippen molar-refractivity contribution in [1.82, 2.24) is 4.90 Å². The highest BCUT2D eigenvalue weighted by molar-refractivity contribution is 4.74. The van der Waals surface area contributed by atoms with Gasteiger partial charge in [0.2, 0.25) is 0 Å². The van der Waals surface area contributed by atoms with E-state index in [1.165, 1.54) is 83.8 Å². The monoisotopic (exact) mass is 239 g/mol. The molecule has 1 nitrogen and oxygen atoms in total. The molecule has 17 heavy (non-hydrogen) atoms. The molecule has 1 unspecified atom stereocenters. The van der Waals surface area contributed by atoms with E-state index in [0.29, 0.717) is 0 Å². The topological polar surface area (TPSA) is 3.24 Å². The van der Waals surface area contributed by atoms with Crippen molar-refractivity contribution in [1.29, 1.82) is 0 Å². The highest BCUT2D eigenvalue weighted by Crippen LogP contribution is 2.21. The largest absolute Gasteiger partial charge is 0.303 e. The predicted octanol–water partition coefficient (Wildman–Crippen LogP) is 4.86. The van der Waals surface area contributed by atoms with Crippen LogP contribution < -0.4 is 0 Å². The third-order valence-corrected chi connectivity index (χ3v) is 4.14. The van der Waals surface area contributed by atoms with Gasteiger partial charge >= 0.3 is 0 Å². The van der Waals surface area contributed by atoms with Gasteiger partial charge in [0.25, 0.3) is 0 Å². The summed E-state index contributed by atoms with van der Waals surface area (Å²) in [5, 5.41) is 0. The minimum atomic E-state index is 1.02. The number of hydrogen-bond acceptors (Lipinski definition) is 1. The molecule has 1 heteroatoms. The minimum Gasteiger partial charge on any atom is -0.303 e. The molecule has 0 aliphatic carbocycles. The maximum Gasteiger partial charge on any atom is 0.00101 e. The number of rotatable bonds is 10. The second kappa shape index (κ2) is 9.94. The van der Waals surface area contributed by atoms with Crippen molar-refractivity contribution in [3.05, 3.63) is 0 Å². The molecule has 1 aliphatic heterocycles. The fourth-order valence-corrected chi connectivity index (χ4v) is 3.05. The van der Waals surface area contributed by atoms with Gasteiger partial charge in [0, 0.05) is 6.54 Å². The standard InChI is InChI=1S/C16H33N/c1-3-5-6-7-8-9-10-13-17-14-12-16(15-17)11-4-2/h16H,3-15H2,1-2H3. The second-order valence-corrected chi connectivity index (χ2v) is 5.87. The summed E-state index contributed by atoms with van der Waals surface area (Å²) in [5.41, 5.74) is 0. The van der Waals surface area contributed by atoms with E-state index in [0.717, 1.165) is 5.92 Å². The molecule has 1 saturated heterocycles. The van der Waals surface area contributed by atoms with Crippen molar-refractivity contribution in [3.8, 4) is 0 Å². The number of nitrogens with zero attached hydrogens (tertiary/aromatic N) is 1. The van der Waals surface area contributed by atoms with Gasteiger partial charge in [0.05, 0.1) is 0 Å². The van der Waals surface area contributed by atoms with Crippen LogP contribution in [-0.4, -0.2) is 24.5 Å². The van der Waals surface area contributed by atoms with E-state index >= 15 is 0 Å². The molecule has 0 aromatic heterocycles. The molecule has 1 rings (SSSR count). The van der Waals surface area contributed by atoms with Crippen LogP contribution in [0, 0.1) is 5.92 Å². The molecule has 0 amide bonds. The Morgan fingerprint density at radius 1 is 0.882 bits per heavy atom. The van der Waals surface area contributed by atoms with Crippen LogP contribution in [0.15, 0.2) is 0 Å². The van der Waals surface area contributed by atoms with Gasteiger partial charge in [-0.15, -0.1) is 0 Å². The molecule has 102 valence electrons. The molecule has 0 aromatic carbocycles. The van der Waals surface area contributed by atoms with Crippen molar-refractivity contribution >= 4 is 0 Å². The third kappa shape index (κ3) is 7.08. The summed E-state index contributed by atoms with van der Waals surface area (Å²) in [6, 6.07) is 0. The fourth-order valence-electron chi connectivity index (χ4n) is 3.05. The molecule has 0 aromatic rings. The lowest BCUT2D eigenvalue weighted by atomic mass is 10.0. The molecule has 1 aliphatic rings. The summed E-state index contributed by atoms with van der Waals surface area (Å²) in [4.78, 5) is 2.70. The molecule has 0 radical (unpaired) electrons. The molecule has 1 heterocycles. The Kier molecular flexibility index (Phi) is 8.78. The molecule has 1 atom stereocenters. The Morgan fingerprint density at radius 3 is 2.29 bits per heavy atom. The van der Waals surface area contributed by atoms with Gasteiger partial charge in [-0.05, 0) is 38.3 Å². The third-order valence-electron chi connectivity index (χ3n) is 4.14. The van der Waals surface area contributed by atoms with Crippen LogP contribution in [0.25, 0.3) is 0 Å². The summed E-state index contributed by atoms with van der Waals surface area (Å²) < 4.78 is 0. The fraction of sp³-hybridized carbons (Fsp3) is 1.00. The quantitative estimate of drug-likeness (QED) is 0.492. The van der Waals surface area contributed by atoms with Gasteiger partial charge in [-0.25, -0.2) is 0 Å². The molecular weight excluding hydrogens is 206 g/mol. The van der Waals surface area contributed by atoms with E-state index in [4.69, 9.17) is 0 Å². The highest BCUT2D eigenvalue weighted by atomic mass is 15.1. The zero-order chi connectivity index (χ0) is 12.3. The van der Waals surface area contributed by atoms with Gasteiger partial charge in [0.1, 0.15) is 0 Å². The molecule has 0 N–H and O–H groups in total. The van der Waals surface area contributed by atoms with Crippen molar-refractivity contribution < 1.29 is 0 Å². The lowest BCUT2D eigenvalue weighted by Gasteiger charge is -2.15. The molecular formula is C16H33N. The van der Waals surface area contributed by atoms with Crippen molar-refractivity contribution in [2.45, 2.75) is 78.1 Å². The number of hydrogen-bond donors (Lipinski definition) is 0. The Bertz CT molecular complexity index is 167. The van der Waals surface area contributed by atoms with Gasteiger partial charge in [-0.2, -0.15) is 0 Å². The first-order chi connectivity index (χ1) is 8.36. The van der Waals surface area contributed by atoms with E-state index in [1.54, 1.807) is 0 Å². The van der Waals surface area contributed by atoms with E-state index in [1.807, 2.05) is 0 Å². The van der Waals surface area contributed by atoms with Crippen LogP contribution in [0.2, 0.25) is 0 Å². The first-order valence-corrected chi connectivity index (χ1v) is 8.09. The van der Waals surface area contributed by atoms with Crippen LogP contribution in [-0.2, 0) is 0 Å². The van der Waals surface area contributed by atoms with Gasteiger partial charge in [-0.3, -0.25) is 0 Å². The maximum atomic E-state index is 2.70. The first-order valence-electron chi connectivity index (χ1n) is 8.09. The van der Waals surface area contributed by atoms with Crippen LogP contribution in [0.1, 0.15) is 78.1 Å². The number of likely N-dealkylation sites (tertiary alicyclic amines) is 1. The van der Waals surface area contributed by atoms with Crippen LogP contribution >= 0.6 is 0 Å². The average molecular weight is 239 g/mol. The predicted molar refractivity (Wildman–Crippen MR) is 77.4 cm³/mol. The van der Waals surface area contributed by atoms with E-state index in [2.05, 4.69) is 18.7 Å².